The Balaban J connectivity index is 1.66. The van der Waals surface area contributed by atoms with Gasteiger partial charge in [0.15, 0.2) is 6.61 Å². The summed E-state index contributed by atoms with van der Waals surface area (Å²) in [4.78, 5) is 13.0. The maximum absolute atomic E-state index is 12.2. The molecule has 0 spiro atoms. The lowest BCUT2D eigenvalue weighted by Crippen LogP contribution is -2.08. The maximum atomic E-state index is 12.2. The molecular weight excluding hydrogens is 396 g/mol. The van der Waals surface area contributed by atoms with Gasteiger partial charge in [-0.25, -0.2) is 4.79 Å². The Morgan fingerprint density at radius 1 is 1.25 bits per heavy atom. The van der Waals surface area contributed by atoms with Gasteiger partial charge in [0.1, 0.15) is 11.3 Å². The van der Waals surface area contributed by atoms with Crippen molar-refractivity contribution in [3.8, 4) is 16.5 Å². The van der Waals surface area contributed by atoms with Gasteiger partial charge in [0.05, 0.1) is 15.3 Å². The van der Waals surface area contributed by atoms with Gasteiger partial charge >= 0.3 is 5.97 Å². The van der Waals surface area contributed by atoms with Crippen LogP contribution in [-0.2, 0) is 11.3 Å². The van der Waals surface area contributed by atoms with Crippen molar-refractivity contribution in [3.63, 3.8) is 0 Å². The molecule has 1 aromatic carbocycles. The highest BCUT2D eigenvalue weighted by Gasteiger charge is 2.16. The predicted molar refractivity (Wildman–Crippen MR) is 92.0 cm³/mol. The van der Waals surface area contributed by atoms with Gasteiger partial charge in [-0.2, -0.15) is 0 Å². The second kappa shape index (κ2) is 7.59. The van der Waals surface area contributed by atoms with Crippen molar-refractivity contribution in [2.45, 2.75) is 13.5 Å². The molecule has 0 N–H and O–H groups in total. The Morgan fingerprint density at radius 3 is 2.83 bits per heavy atom. The van der Waals surface area contributed by atoms with Crippen LogP contribution in [-0.4, -0.2) is 22.8 Å². The van der Waals surface area contributed by atoms with Crippen molar-refractivity contribution in [3.05, 3.63) is 51.6 Å². The van der Waals surface area contributed by atoms with Crippen molar-refractivity contribution in [2.24, 2.45) is 0 Å². The lowest BCUT2D eigenvalue weighted by Gasteiger charge is -2.08. The Labute approximate surface area is 150 Å². The molecule has 0 saturated carbocycles. The molecule has 0 aliphatic carbocycles. The second-order valence-electron chi connectivity index (χ2n) is 4.61. The van der Waals surface area contributed by atoms with E-state index in [1.807, 2.05) is 19.1 Å². The number of carbonyl (C=O) groups is 1. The van der Waals surface area contributed by atoms with Crippen LogP contribution in [0, 0.1) is 0 Å². The van der Waals surface area contributed by atoms with Gasteiger partial charge in [-0.1, -0.05) is 12.1 Å². The summed E-state index contributed by atoms with van der Waals surface area (Å²) in [5.74, 6) is 0.612. The molecule has 0 saturated heterocycles. The number of thiophene rings is 1. The lowest BCUT2D eigenvalue weighted by molar-refractivity contribution is 0.0434. The minimum absolute atomic E-state index is 0.0984. The molecule has 2 heterocycles. The Hall–Kier alpha value is -2.19. The van der Waals surface area contributed by atoms with Crippen LogP contribution in [0.25, 0.3) is 10.8 Å². The maximum Gasteiger partial charge on any atom is 0.342 e. The van der Waals surface area contributed by atoms with Crippen molar-refractivity contribution < 1.29 is 18.7 Å². The third-order valence-corrected chi connectivity index (χ3v) is 4.60. The van der Waals surface area contributed by atoms with E-state index in [1.54, 1.807) is 24.3 Å². The normalized spacial score (nSPS) is 10.6. The van der Waals surface area contributed by atoms with Crippen LogP contribution in [0.3, 0.4) is 0 Å². The number of hydrogen-bond donors (Lipinski definition) is 0. The van der Waals surface area contributed by atoms with Crippen LogP contribution in [0.4, 0.5) is 0 Å². The van der Waals surface area contributed by atoms with E-state index in [4.69, 9.17) is 13.9 Å². The van der Waals surface area contributed by atoms with E-state index < -0.39 is 5.97 Å². The molecule has 124 valence electrons. The van der Waals surface area contributed by atoms with Crippen molar-refractivity contribution >= 4 is 33.2 Å². The molecule has 0 bridgehead atoms. The number of carbonyl (C=O) groups excluding carboxylic acids is 1. The summed E-state index contributed by atoms with van der Waals surface area (Å²) in [6.45, 7) is 2.22. The number of aromatic nitrogens is 2. The number of para-hydroxylation sites is 1. The highest BCUT2D eigenvalue weighted by molar-refractivity contribution is 9.11. The highest BCUT2D eigenvalue weighted by atomic mass is 79.9. The molecule has 3 rings (SSSR count). The van der Waals surface area contributed by atoms with Crippen molar-refractivity contribution in [2.75, 3.05) is 6.61 Å². The van der Waals surface area contributed by atoms with E-state index in [0.717, 1.165) is 8.66 Å². The SMILES string of the molecule is CCOc1ccccc1C(=O)OCc1nnc(-c2ccc(Br)s2)o1. The zero-order valence-corrected chi connectivity index (χ0v) is 15.1. The third-order valence-electron chi connectivity index (χ3n) is 2.98. The van der Waals surface area contributed by atoms with Crippen LogP contribution in [0.15, 0.2) is 44.6 Å². The van der Waals surface area contributed by atoms with Gasteiger partial charge in [-0.05, 0) is 47.1 Å². The largest absolute Gasteiger partial charge is 0.493 e. The number of hydrogen-bond acceptors (Lipinski definition) is 7. The Morgan fingerprint density at radius 2 is 2.08 bits per heavy atom. The number of nitrogens with zero attached hydrogens (tertiary/aromatic N) is 2. The molecule has 8 heteroatoms. The molecule has 0 amide bonds. The second-order valence-corrected chi connectivity index (χ2v) is 7.07. The molecule has 0 fully saturated rings. The number of halogens is 1. The van der Waals surface area contributed by atoms with E-state index in [0.29, 0.717) is 23.8 Å². The van der Waals surface area contributed by atoms with Crippen LogP contribution >= 0.6 is 27.3 Å². The zero-order chi connectivity index (χ0) is 16.9. The summed E-state index contributed by atoms with van der Waals surface area (Å²) in [7, 11) is 0. The first-order valence-electron chi connectivity index (χ1n) is 7.14. The van der Waals surface area contributed by atoms with Crippen LogP contribution in [0.5, 0.6) is 5.75 Å². The number of esters is 1. The molecule has 2 aromatic heterocycles. The fourth-order valence-electron chi connectivity index (χ4n) is 1.96. The van der Waals surface area contributed by atoms with Gasteiger partial charge in [0.25, 0.3) is 11.8 Å². The molecule has 0 atom stereocenters. The third kappa shape index (κ3) is 3.82. The summed E-state index contributed by atoms with van der Waals surface area (Å²) < 4.78 is 17.1. The first-order chi connectivity index (χ1) is 11.7. The molecule has 6 nitrogen and oxygen atoms in total. The van der Waals surface area contributed by atoms with E-state index in [-0.39, 0.29) is 12.5 Å². The smallest absolute Gasteiger partial charge is 0.342 e. The highest BCUT2D eigenvalue weighted by Crippen LogP contribution is 2.30. The van der Waals surface area contributed by atoms with Gasteiger partial charge in [0, 0.05) is 0 Å². The van der Waals surface area contributed by atoms with E-state index in [9.17, 15) is 4.79 Å². The standard InChI is InChI=1S/C16H13BrN2O4S/c1-2-21-11-6-4-3-5-10(11)16(20)22-9-14-18-19-15(23-14)12-7-8-13(17)24-12/h3-8H,2,9H2,1H3. The minimum atomic E-state index is -0.502. The van der Waals surface area contributed by atoms with Crippen molar-refractivity contribution in [1.29, 1.82) is 0 Å². The lowest BCUT2D eigenvalue weighted by atomic mass is 10.2. The average Bonchev–Trinajstić information content (AvgIpc) is 3.22. The quantitative estimate of drug-likeness (QED) is 0.565. The first-order valence-corrected chi connectivity index (χ1v) is 8.75. The molecule has 3 aromatic rings. The predicted octanol–water partition coefficient (Wildman–Crippen LogP) is 4.32. The summed E-state index contributed by atoms with van der Waals surface area (Å²) in [5, 5.41) is 7.85. The number of ether oxygens (including phenoxy) is 2. The van der Waals surface area contributed by atoms with E-state index in [1.165, 1.54) is 11.3 Å². The van der Waals surface area contributed by atoms with Gasteiger partial charge in [-0.3, -0.25) is 0 Å². The number of benzene rings is 1. The topological polar surface area (TPSA) is 74.5 Å². The average molecular weight is 409 g/mol. The zero-order valence-electron chi connectivity index (χ0n) is 12.7. The first kappa shape index (κ1) is 16.7. The van der Waals surface area contributed by atoms with Crippen LogP contribution < -0.4 is 4.74 Å². The van der Waals surface area contributed by atoms with Gasteiger partial charge in [-0.15, -0.1) is 21.5 Å². The molecule has 0 unspecified atom stereocenters. The Kier molecular flexibility index (Phi) is 5.27. The molecule has 0 aliphatic heterocycles. The molecule has 24 heavy (non-hydrogen) atoms. The Bertz CT molecular complexity index is 846. The summed E-state index contributed by atoms with van der Waals surface area (Å²) in [6, 6.07) is 10.7. The summed E-state index contributed by atoms with van der Waals surface area (Å²) in [5.41, 5.74) is 0.362. The monoisotopic (exact) mass is 408 g/mol. The van der Waals surface area contributed by atoms with Crippen molar-refractivity contribution in [1.82, 2.24) is 10.2 Å². The minimum Gasteiger partial charge on any atom is -0.493 e. The number of rotatable bonds is 6. The van der Waals surface area contributed by atoms with Crippen LogP contribution in [0.1, 0.15) is 23.2 Å². The molecular formula is C16H13BrN2O4S. The van der Waals surface area contributed by atoms with E-state index >= 15 is 0 Å². The van der Waals surface area contributed by atoms with Gasteiger partial charge in [0.2, 0.25) is 0 Å². The molecule has 0 aliphatic rings. The van der Waals surface area contributed by atoms with Gasteiger partial charge < -0.3 is 13.9 Å². The van der Waals surface area contributed by atoms with Crippen LogP contribution in [0.2, 0.25) is 0 Å². The molecule has 0 radical (unpaired) electrons. The fourth-order valence-corrected chi connectivity index (χ4v) is 3.27. The fraction of sp³-hybridized carbons (Fsp3) is 0.188. The summed E-state index contributed by atoms with van der Waals surface area (Å²) in [6.07, 6.45) is 0. The summed E-state index contributed by atoms with van der Waals surface area (Å²) >= 11 is 4.86. The van der Waals surface area contributed by atoms with E-state index in [2.05, 4.69) is 26.1 Å².